The number of rotatable bonds is 14. The summed E-state index contributed by atoms with van der Waals surface area (Å²) >= 11 is 3.48. The summed E-state index contributed by atoms with van der Waals surface area (Å²) < 4.78 is 5.04. The van der Waals surface area contributed by atoms with Crippen LogP contribution in [0.25, 0.3) is 76.6 Å². The molecule has 0 saturated heterocycles. The Kier molecular flexibility index (Phi) is 11.1. The van der Waals surface area contributed by atoms with Gasteiger partial charge in [0.1, 0.15) is 35.4 Å². The standard InChI is InChI=1S/C46H40N6S2/c1-3-5-7-9-19-51-37-17-15-31(23-33(27-47)28-48)25-35(37)41-44(40-14-12-22-54-40)46-42(43(45(41)51)39-13-11-21-53-39)36-26-32(24-34(29-49)30-50)16-18-38(36)52(46)20-10-8-6-4-2/h11-18,21-26H,3-10,19-20H2,1-2H3. The molecule has 0 unspecified atom stereocenters. The molecule has 3 aromatic carbocycles. The smallest absolute Gasteiger partial charge is 0.130 e. The van der Waals surface area contributed by atoms with Crippen LogP contribution in [0.5, 0.6) is 0 Å². The third-order valence-corrected chi connectivity index (χ3v) is 12.0. The van der Waals surface area contributed by atoms with E-state index in [1.165, 1.54) is 55.5 Å². The molecule has 0 atom stereocenters. The van der Waals surface area contributed by atoms with Gasteiger partial charge in [-0.25, -0.2) is 0 Å². The molecule has 0 saturated carbocycles. The molecule has 0 radical (unpaired) electrons. The number of hydrogen-bond acceptors (Lipinski definition) is 6. The summed E-state index contributed by atoms with van der Waals surface area (Å²) in [5.74, 6) is 0. The van der Waals surface area contributed by atoms with Crippen molar-refractivity contribution in [1.82, 2.24) is 9.13 Å². The van der Waals surface area contributed by atoms with Gasteiger partial charge in [0.15, 0.2) is 0 Å². The number of unbranched alkanes of at least 4 members (excludes halogenated alkanes) is 6. The molecule has 7 aromatic rings. The van der Waals surface area contributed by atoms with Crippen LogP contribution >= 0.6 is 22.7 Å². The van der Waals surface area contributed by atoms with Gasteiger partial charge in [0.2, 0.25) is 0 Å². The van der Waals surface area contributed by atoms with E-state index < -0.39 is 0 Å². The Balaban J connectivity index is 1.73. The normalized spacial score (nSPS) is 11.1. The first-order valence-electron chi connectivity index (χ1n) is 18.8. The molecule has 8 heteroatoms. The number of allylic oxidation sites excluding steroid dienone is 2. The Hall–Kier alpha value is -5.90. The zero-order chi connectivity index (χ0) is 37.6. The van der Waals surface area contributed by atoms with Crippen LogP contribution in [-0.4, -0.2) is 9.13 Å². The minimum atomic E-state index is 0.0748. The number of nitriles is 4. The molecular formula is C46H40N6S2. The third kappa shape index (κ3) is 6.72. The lowest BCUT2D eigenvalue weighted by molar-refractivity contribution is 0.602. The van der Waals surface area contributed by atoms with E-state index in [0.717, 1.165) is 84.5 Å². The predicted octanol–water partition coefficient (Wildman–Crippen LogP) is 13.4. The summed E-state index contributed by atoms with van der Waals surface area (Å²) in [6.07, 6.45) is 12.4. The molecule has 0 spiro atoms. The van der Waals surface area contributed by atoms with Crippen molar-refractivity contribution in [2.75, 3.05) is 0 Å². The zero-order valence-corrected chi connectivity index (χ0v) is 32.3. The van der Waals surface area contributed by atoms with Crippen LogP contribution in [0.15, 0.2) is 82.6 Å². The van der Waals surface area contributed by atoms with Crippen molar-refractivity contribution in [3.63, 3.8) is 0 Å². The Morgan fingerprint density at radius 3 is 1.35 bits per heavy atom. The number of benzene rings is 3. The first-order valence-corrected chi connectivity index (χ1v) is 20.5. The quantitative estimate of drug-likeness (QED) is 0.0817. The fourth-order valence-corrected chi connectivity index (χ4v) is 9.43. The van der Waals surface area contributed by atoms with Gasteiger partial charge in [-0.15, -0.1) is 22.7 Å². The molecule has 0 aliphatic carbocycles. The van der Waals surface area contributed by atoms with E-state index in [2.05, 4.69) is 82.3 Å². The zero-order valence-electron chi connectivity index (χ0n) is 30.7. The first kappa shape index (κ1) is 36.5. The molecule has 0 amide bonds. The lowest BCUT2D eigenvalue weighted by Crippen LogP contribution is -2.02. The number of nitrogens with zero attached hydrogens (tertiary/aromatic N) is 6. The molecule has 7 rings (SSSR count). The van der Waals surface area contributed by atoms with E-state index in [0.29, 0.717) is 0 Å². The van der Waals surface area contributed by atoms with Gasteiger partial charge < -0.3 is 9.13 Å². The van der Waals surface area contributed by atoms with E-state index in [1.807, 2.05) is 36.4 Å². The second-order valence-corrected chi connectivity index (χ2v) is 15.6. The van der Waals surface area contributed by atoms with Crippen molar-refractivity contribution < 1.29 is 0 Å². The highest BCUT2D eigenvalue weighted by atomic mass is 32.1. The van der Waals surface area contributed by atoms with Crippen molar-refractivity contribution in [2.45, 2.75) is 78.3 Å². The summed E-state index contributed by atoms with van der Waals surface area (Å²) in [6, 6.07) is 29.6. The predicted molar refractivity (Wildman–Crippen MR) is 226 cm³/mol. The maximum atomic E-state index is 9.67. The Labute approximate surface area is 324 Å². The molecule has 54 heavy (non-hydrogen) atoms. The van der Waals surface area contributed by atoms with Gasteiger partial charge in [-0.2, -0.15) is 21.0 Å². The van der Waals surface area contributed by atoms with Crippen LogP contribution in [0.2, 0.25) is 0 Å². The number of aryl methyl sites for hydroxylation is 2. The van der Waals surface area contributed by atoms with Gasteiger partial charge in [-0.3, -0.25) is 0 Å². The molecule has 0 N–H and O–H groups in total. The number of hydrogen-bond donors (Lipinski definition) is 0. The summed E-state index contributed by atoms with van der Waals surface area (Å²) in [7, 11) is 0. The van der Waals surface area contributed by atoms with Crippen molar-refractivity contribution >= 4 is 78.4 Å². The molecular weight excluding hydrogens is 701 g/mol. The van der Waals surface area contributed by atoms with Gasteiger partial charge in [-0.05, 0) is 83.3 Å². The number of thiophene rings is 2. The molecule has 0 aliphatic heterocycles. The highest BCUT2D eigenvalue weighted by molar-refractivity contribution is 7.14. The van der Waals surface area contributed by atoms with Crippen LogP contribution < -0.4 is 0 Å². The second kappa shape index (κ2) is 16.4. The largest absolute Gasteiger partial charge is 0.340 e. The fourth-order valence-electron chi connectivity index (χ4n) is 7.88. The maximum Gasteiger partial charge on any atom is 0.130 e. The van der Waals surface area contributed by atoms with Crippen LogP contribution in [0.3, 0.4) is 0 Å². The van der Waals surface area contributed by atoms with Crippen LogP contribution in [0.1, 0.15) is 76.3 Å². The SMILES string of the molecule is CCCCCCn1c2ccc(C=C(C#N)C#N)cc2c2c(-c3cccs3)c3c(c(-c4cccs4)c21)c1cc(C=C(C#N)C#N)ccc1n3CCCCCC. The van der Waals surface area contributed by atoms with Crippen LogP contribution in [0.4, 0.5) is 0 Å². The Morgan fingerprint density at radius 2 is 1.00 bits per heavy atom. The molecule has 4 aromatic heterocycles. The van der Waals surface area contributed by atoms with E-state index in [-0.39, 0.29) is 11.1 Å². The Bertz CT molecular complexity index is 2500. The van der Waals surface area contributed by atoms with Gasteiger partial charge >= 0.3 is 0 Å². The minimum absolute atomic E-state index is 0.0748. The van der Waals surface area contributed by atoms with E-state index in [1.54, 1.807) is 34.8 Å². The minimum Gasteiger partial charge on any atom is -0.340 e. The average molecular weight is 741 g/mol. The van der Waals surface area contributed by atoms with Gasteiger partial charge in [0, 0.05) is 66.5 Å². The molecule has 0 fully saturated rings. The molecule has 4 heterocycles. The average Bonchev–Trinajstić information content (AvgIpc) is 4.03. The summed E-state index contributed by atoms with van der Waals surface area (Å²) in [5, 5.41) is 47.5. The van der Waals surface area contributed by atoms with Gasteiger partial charge in [-0.1, -0.05) is 76.6 Å². The fraction of sp³-hybridized carbons (Fsp3) is 0.261. The number of aromatic nitrogens is 2. The third-order valence-electron chi connectivity index (χ3n) is 10.3. The van der Waals surface area contributed by atoms with E-state index in [9.17, 15) is 21.0 Å². The molecule has 6 nitrogen and oxygen atoms in total. The van der Waals surface area contributed by atoms with E-state index >= 15 is 0 Å². The lowest BCUT2D eigenvalue weighted by Gasteiger charge is -2.17. The van der Waals surface area contributed by atoms with Crippen LogP contribution in [0, 0.1) is 45.3 Å². The lowest BCUT2D eigenvalue weighted by atomic mass is 9.94. The van der Waals surface area contributed by atoms with Crippen molar-refractivity contribution in [3.8, 4) is 45.2 Å². The van der Waals surface area contributed by atoms with E-state index in [4.69, 9.17) is 0 Å². The summed E-state index contributed by atoms with van der Waals surface area (Å²) in [4.78, 5) is 2.36. The van der Waals surface area contributed by atoms with Crippen LogP contribution in [-0.2, 0) is 13.1 Å². The topological polar surface area (TPSA) is 105 Å². The van der Waals surface area contributed by atoms with Gasteiger partial charge in [0.05, 0.1) is 11.0 Å². The number of fused-ring (bicyclic) bond motifs is 6. The monoisotopic (exact) mass is 740 g/mol. The van der Waals surface area contributed by atoms with Crippen molar-refractivity contribution in [1.29, 1.82) is 21.0 Å². The highest BCUT2D eigenvalue weighted by Gasteiger charge is 2.28. The van der Waals surface area contributed by atoms with Gasteiger partial charge in [0.25, 0.3) is 0 Å². The van der Waals surface area contributed by atoms with Crippen molar-refractivity contribution in [2.24, 2.45) is 0 Å². The first-order chi connectivity index (χ1) is 26.6. The second-order valence-electron chi connectivity index (χ2n) is 13.7. The van der Waals surface area contributed by atoms with Crippen molar-refractivity contribution in [3.05, 3.63) is 93.7 Å². The summed E-state index contributed by atoms with van der Waals surface area (Å²) in [6.45, 7) is 6.18. The molecule has 0 aliphatic rings. The Morgan fingerprint density at radius 1 is 0.574 bits per heavy atom. The molecule has 0 bridgehead atoms. The highest BCUT2D eigenvalue weighted by Crippen LogP contribution is 2.52. The maximum absolute atomic E-state index is 9.67. The summed E-state index contributed by atoms with van der Waals surface area (Å²) in [5.41, 5.74) is 8.80. The molecule has 266 valence electrons.